The van der Waals surface area contributed by atoms with Crippen LogP contribution in [-0.4, -0.2) is 23.1 Å². The summed E-state index contributed by atoms with van der Waals surface area (Å²) in [6.07, 6.45) is 3.53. The predicted molar refractivity (Wildman–Crippen MR) is 51.5 cm³/mol. The summed E-state index contributed by atoms with van der Waals surface area (Å²) < 4.78 is 4.95. The summed E-state index contributed by atoms with van der Waals surface area (Å²) >= 11 is 0. The Hall–Kier alpha value is -1.16. The van der Waals surface area contributed by atoms with Crippen LogP contribution >= 0.6 is 0 Å². The van der Waals surface area contributed by atoms with Gasteiger partial charge in [-0.25, -0.2) is 9.97 Å². The average molecular weight is 181 g/mol. The van der Waals surface area contributed by atoms with E-state index in [1.54, 1.807) is 19.5 Å². The first-order chi connectivity index (χ1) is 6.22. The van der Waals surface area contributed by atoms with Gasteiger partial charge in [-0.1, -0.05) is 0 Å². The topological polar surface area (TPSA) is 47.0 Å². The van der Waals surface area contributed by atoms with Crippen molar-refractivity contribution in [3.63, 3.8) is 0 Å². The summed E-state index contributed by atoms with van der Waals surface area (Å²) in [5, 5.41) is 3.11. The van der Waals surface area contributed by atoms with Crippen molar-refractivity contribution < 1.29 is 4.74 Å². The van der Waals surface area contributed by atoms with Gasteiger partial charge in [0.2, 0.25) is 5.95 Å². The van der Waals surface area contributed by atoms with E-state index in [1.165, 1.54) is 0 Å². The maximum atomic E-state index is 4.95. The lowest BCUT2D eigenvalue weighted by Gasteiger charge is -2.07. The van der Waals surface area contributed by atoms with E-state index in [0.717, 1.165) is 5.56 Å². The van der Waals surface area contributed by atoms with Gasteiger partial charge in [0.15, 0.2) is 0 Å². The maximum Gasteiger partial charge on any atom is 0.222 e. The third-order valence-corrected chi connectivity index (χ3v) is 1.43. The standard InChI is InChI=1S/C9H15N3O/c1-7(2)12-9-10-4-8(5-11-9)6-13-3/h4-5,7H,6H2,1-3H3,(H,10,11,12). The molecule has 0 aromatic carbocycles. The zero-order valence-electron chi connectivity index (χ0n) is 8.24. The highest BCUT2D eigenvalue weighted by molar-refractivity contribution is 5.25. The lowest BCUT2D eigenvalue weighted by atomic mass is 10.4. The Balaban J connectivity index is 2.59. The SMILES string of the molecule is COCc1cnc(NC(C)C)nc1. The van der Waals surface area contributed by atoms with Crippen LogP contribution in [0.3, 0.4) is 0 Å². The van der Waals surface area contributed by atoms with Crippen LogP contribution in [0.4, 0.5) is 5.95 Å². The van der Waals surface area contributed by atoms with Crippen LogP contribution in [0.15, 0.2) is 12.4 Å². The molecule has 13 heavy (non-hydrogen) atoms. The second-order valence-corrected chi connectivity index (χ2v) is 3.15. The van der Waals surface area contributed by atoms with Gasteiger partial charge in [0.05, 0.1) is 6.61 Å². The average Bonchev–Trinajstić information content (AvgIpc) is 2.08. The number of anilines is 1. The van der Waals surface area contributed by atoms with Gasteiger partial charge in [0.1, 0.15) is 0 Å². The van der Waals surface area contributed by atoms with Crippen LogP contribution in [0.2, 0.25) is 0 Å². The van der Waals surface area contributed by atoms with Crippen molar-refractivity contribution >= 4 is 5.95 Å². The summed E-state index contributed by atoms with van der Waals surface area (Å²) in [6, 6.07) is 0.355. The molecule has 4 heteroatoms. The van der Waals surface area contributed by atoms with Gasteiger partial charge in [0, 0.05) is 31.1 Å². The molecule has 4 nitrogen and oxygen atoms in total. The van der Waals surface area contributed by atoms with Crippen molar-refractivity contribution in [2.75, 3.05) is 12.4 Å². The fourth-order valence-electron chi connectivity index (χ4n) is 0.929. The van der Waals surface area contributed by atoms with Crippen LogP contribution in [0, 0.1) is 0 Å². The molecule has 0 unspecified atom stereocenters. The molecule has 0 bridgehead atoms. The van der Waals surface area contributed by atoms with Crippen molar-refractivity contribution in [3.8, 4) is 0 Å². The van der Waals surface area contributed by atoms with Gasteiger partial charge >= 0.3 is 0 Å². The zero-order chi connectivity index (χ0) is 9.68. The predicted octanol–water partition coefficient (Wildman–Crippen LogP) is 1.44. The number of hydrogen-bond donors (Lipinski definition) is 1. The molecule has 0 saturated carbocycles. The quantitative estimate of drug-likeness (QED) is 0.763. The van der Waals surface area contributed by atoms with Crippen LogP contribution in [0.1, 0.15) is 19.4 Å². The molecule has 0 aliphatic rings. The number of hydrogen-bond acceptors (Lipinski definition) is 4. The van der Waals surface area contributed by atoms with Crippen LogP contribution in [-0.2, 0) is 11.3 Å². The molecule has 0 saturated heterocycles. The van der Waals surface area contributed by atoms with E-state index >= 15 is 0 Å². The van der Waals surface area contributed by atoms with Gasteiger partial charge in [0.25, 0.3) is 0 Å². The summed E-state index contributed by atoms with van der Waals surface area (Å²) in [7, 11) is 1.65. The number of methoxy groups -OCH3 is 1. The molecule has 1 heterocycles. The zero-order valence-corrected chi connectivity index (χ0v) is 8.24. The summed E-state index contributed by atoms with van der Waals surface area (Å²) in [5.41, 5.74) is 0.983. The first-order valence-electron chi connectivity index (χ1n) is 4.28. The molecule has 0 aliphatic heterocycles. The van der Waals surface area contributed by atoms with E-state index in [4.69, 9.17) is 4.74 Å². The minimum Gasteiger partial charge on any atom is -0.380 e. The number of nitrogens with zero attached hydrogens (tertiary/aromatic N) is 2. The third-order valence-electron chi connectivity index (χ3n) is 1.43. The minimum atomic E-state index is 0.355. The molecule has 0 fully saturated rings. The van der Waals surface area contributed by atoms with E-state index in [0.29, 0.717) is 18.6 Å². The number of nitrogens with one attached hydrogen (secondary N) is 1. The highest BCUT2D eigenvalue weighted by atomic mass is 16.5. The first kappa shape index (κ1) is 9.92. The Bertz CT molecular complexity index is 246. The fraction of sp³-hybridized carbons (Fsp3) is 0.556. The van der Waals surface area contributed by atoms with E-state index in [2.05, 4.69) is 15.3 Å². The fourth-order valence-corrected chi connectivity index (χ4v) is 0.929. The second kappa shape index (κ2) is 4.77. The molecule has 72 valence electrons. The smallest absolute Gasteiger partial charge is 0.222 e. The van der Waals surface area contributed by atoms with Crippen molar-refractivity contribution in [3.05, 3.63) is 18.0 Å². The number of aromatic nitrogens is 2. The van der Waals surface area contributed by atoms with Crippen LogP contribution < -0.4 is 5.32 Å². The molecular weight excluding hydrogens is 166 g/mol. The molecule has 1 aromatic heterocycles. The molecule has 1 aromatic rings. The van der Waals surface area contributed by atoms with Gasteiger partial charge in [-0.15, -0.1) is 0 Å². The van der Waals surface area contributed by atoms with Crippen LogP contribution in [0.25, 0.3) is 0 Å². The van der Waals surface area contributed by atoms with E-state index in [1.807, 2.05) is 13.8 Å². The summed E-state index contributed by atoms with van der Waals surface area (Å²) in [5.74, 6) is 0.662. The lowest BCUT2D eigenvalue weighted by Crippen LogP contribution is -2.12. The minimum absolute atomic E-state index is 0.355. The Morgan fingerprint density at radius 2 is 2.00 bits per heavy atom. The number of ether oxygens (including phenoxy) is 1. The van der Waals surface area contributed by atoms with Gasteiger partial charge in [-0.3, -0.25) is 0 Å². The van der Waals surface area contributed by atoms with Gasteiger partial charge in [-0.05, 0) is 13.8 Å². The largest absolute Gasteiger partial charge is 0.380 e. The van der Waals surface area contributed by atoms with Crippen molar-refractivity contribution in [1.29, 1.82) is 0 Å². The molecule has 1 rings (SSSR count). The van der Waals surface area contributed by atoms with Crippen molar-refractivity contribution in [2.24, 2.45) is 0 Å². The summed E-state index contributed by atoms with van der Waals surface area (Å²) in [4.78, 5) is 8.27. The Morgan fingerprint density at radius 1 is 1.38 bits per heavy atom. The molecule has 0 radical (unpaired) electrons. The second-order valence-electron chi connectivity index (χ2n) is 3.15. The molecule has 0 atom stereocenters. The lowest BCUT2D eigenvalue weighted by molar-refractivity contribution is 0.184. The van der Waals surface area contributed by atoms with E-state index in [-0.39, 0.29) is 0 Å². The normalized spacial score (nSPS) is 10.5. The Kier molecular flexibility index (Phi) is 3.64. The molecular formula is C9H15N3O. The Labute approximate surface area is 78.4 Å². The van der Waals surface area contributed by atoms with E-state index in [9.17, 15) is 0 Å². The number of rotatable bonds is 4. The molecule has 0 spiro atoms. The summed E-state index contributed by atoms with van der Waals surface area (Å²) in [6.45, 7) is 4.65. The first-order valence-corrected chi connectivity index (χ1v) is 4.28. The molecule has 1 N–H and O–H groups in total. The Morgan fingerprint density at radius 3 is 2.46 bits per heavy atom. The molecule has 0 aliphatic carbocycles. The maximum absolute atomic E-state index is 4.95. The monoisotopic (exact) mass is 181 g/mol. The van der Waals surface area contributed by atoms with E-state index < -0.39 is 0 Å². The van der Waals surface area contributed by atoms with Crippen molar-refractivity contribution in [1.82, 2.24) is 9.97 Å². The van der Waals surface area contributed by atoms with Gasteiger partial charge in [-0.2, -0.15) is 0 Å². The van der Waals surface area contributed by atoms with Gasteiger partial charge < -0.3 is 10.1 Å². The van der Waals surface area contributed by atoms with Crippen LogP contribution in [0.5, 0.6) is 0 Å². The third kappa shape index (κ3) is 3.38. The highest BCUT2D eigenvalue weighted by Gasteiger charge is 1.98. The molecule has 0 amide bonds. The van der Waals surface area contributed by atoms with Crippen molar-refractivity contribution in [2.45, 2.75) is 26.5 Å². The highest BCUT2D eigenvalue weighted by Crippen LogP contribution is 2.02.